The predicted octanol–water partition coefficient (Wildman–Crippen LogP) is 3.16. The Labute approximate surface area is 223 Å². The molecule has 2 N–H and O–H groups in total. The van der Waals surface area contributed by atoms with Crippen molar-refractivity contribution >= 4 is 29.1 Å². The number of alkyl halides is 3. The molecule has 2 amide bonds. The molecule has 0 unspecified atom stereocenters. The lowest BCUT2D eigenvalue weighted by Gasteiger charge is -2.15. The molecule has 39 heavy (non-hydrogen) atoms. The van der Waals surface area contributed by atoms with Crippen molar-refractivity contribution in [1.82, 2.24) is 40.3 Å². The van der Waals surface area contributed by atoms with Crippen LogP contribution >= 0.6 is 11.6 Å². The molecule has 0 atom stereocenters. The Hall–Kier alpha value is -4.84. The maximum atomic E-state index is 13.5. The van der Waals surface area contributed by atoms with Gasteiger partial charge in [-0.2, -0.15) is 23.5 Å². The number of hydrogen-bond acceptors (Lipinski definition) is 8. The van der Waals surface area contributed by atoms with E-state index in [1.54, 1.807) is 19.9 Å². The van der Waals surface area contributed by atoms with Gasteiger partial charge in [0.2, 0.25) is 0 Å². The van der Waals surface area contributed by atoms with Gasteiger partial charge in [0.15, 0.2) is 5.82 Å². The van der Waals surface area contributed by atoms with E-state index in [0.29, 0.717) is 16.8 Å². The quantitative estimate of drug-likeness (QED) is 0.350. The van der Waals surface area contributed by atoms with E-state index in [-0.39, 0.29) is 39.0 Å². The van der Waals surface area contributed by atoms with Crippen molar-refractivity contribution in [3.8, 4) is 11.9 Å². The summed E-state index contributed by atoms with van der Waals surface area (Å²) in [6, 6.07) is 9.06. The fraction of sp³-hybridized carbons (Fsp3) is 0.217. The molecule has 0 aliphatic carbocycles. The molecule has 3 aromatic heterocycles. The summed E-state index contributed by atoms with van der Waals surface area (Å²) in [6.07, 6.45) is -3.43. The molecule has 0 fully saturated rings. The Morgan fingerprint density at radius 1 is 1.21 bits per heavy atom. The number of carbonyl (C=O) groups is 2. The second-order valence-electron chi connectivity index (χ2n) is 8.04. The molecule has 4 aromatic rings. The summed E-state index contributed by atoms with van der Waals surface area (Å²) in [7, 11) is 0. The number of carbonyl (C=O) groups excluding carboxylic acids is 2. The van der Waals surface area contributed by atoms with Crippen LogP contribution in [0.15, 0.2) is 36.5 Å². The molecule has 1 aromatic carbocycles. The third-order valence-electron chi connectivity index (χ3n) is 5.31. The van der Waals surface area contributed by atoms with Gasteiger partial charge in [-0.3, -0.25) is 9.59 Å². The predicted molar refractivity (Wildman–Crippen MR) is 130 cm³/mol. The Bertz CT molecular complexity index is 1610. The zero-order valence-electron chi connectivity index (χ0n) is 20.3. The number of nitriles is 1. The van der Waals surface area contributed by atoms with Gasteiger partial charge in [-0.1, -0.05) is 11.6 Å². The molecular formula is C23H18ClF3N10O2. The highest BCUT2D eigenvalue weighted by atomic mass is 35.5. The SMILES string of the molecule is CCNC(=O)c1cc(C#N)cc(C)c1NC(=O)c1cc(Cn2nnnc2C(F)(F)F)nn1-c1ncccc1Cl. The smallest absolute Gasteiger partial charge is 0.352 e. The van der Waals surface area contributed by atoms with Crippen LogP contribution in [-0.4, -0.2) is 53.3 Å². The third-order valence-corrected chi connectivity index (χ3v) is 5.61. The van der Waals surface area contributed by atoms with Gasteiger partial charge >= 0.3 is 6.18 Å². The van der Waals surface area contributed by atoms with E-state index in [9.17, 15) is 28.0 Å². The highest BCUT2D eigenvalue weighted by Crippen LogP contribution is 2.28. The molecule has 0 spiro atoms. The number of amides is 2. The Morgan fingerprint density at radius 2 is 1.97 bits per heavy atom. The maximum Gasteiger partial charge on any atom is 0.453 e. The first-order valence-corrected chi connectivity index (χ1v) is 11.6. The maximum absolute atomic E-state index is 13.5. The Morgan fingerprint density at radius 3 is 2.64 bits per heavy atom. The van der Waals surface area contributed by atoms with E-state index in [1.807, 2.05) is 6.07 Å². The minimum Gasteiger partial charge on any atom is -0.352 e. The first-order valence-electron chi connectivity index (χ1n) is 11.2. The van der Waals surface area contributed by atoms with E-state index in [4.69, 9.17) is 11.6 Å². The number of aryl methyl sites for hydroxylation is 1. The van der Waals surface area contributed by atoms with Gasteiger partial charge < -0.3 is 10.6 Å². The largest absolute Gasteiger partial charge is 0.453 e. The van der Waals surface area contributed by atoms with Gasteiger partial charge in [0, 0.05) is 12.7 Å². The standard InChI is InChI=1S/C23H18ClF3N10O2/c1-3-29-20(38)15-8-13(10-28)7-12(2)18(15)31-21(39)17-9-14(11-36-22(23(25,26)27)32-34-35-36)33-37(17)19-16(24)5-4-6-30-19/h4-9H,3,11H2,1-2H3,(H,29,38)(H,31,39). The minimum atomic E-state index is -4.82. The van der Waals surface area contributed by atoms with Crippen LogP contribution in [0, 0.1) is 18.3 Å². The fourth-order valence-corrected chi connectivity index (χ4v) is 3.86. The molecule has 12 nitrogen and oxygen atoms in total. The number of benzene rings is 1. The summed E-state index contributed by atoms with van der Waals surface area (Å²) in [6.45, 7) is 3.09. The van der Waals surface area contributed by atoms with Crippen LogP contribution in [0.1, 0.15) is 50.4 Å². The summed E-state index contributed by atoms with van der Waals surface area (Å²) in [4.78, 5) is 30.4. The topological polar surface area (TPSA) is 156 Å². The van der Waals surface area contributed by atoms with Crippen molar-refractivity contribution in [1.29, 1.82) is 5.26 Å². The number of hydrogen-bond donors (Lipinski definition) is 2. The number of nitrogens with one attached hydrogen (secondary N) is 2. The normalized spacial score (nSPS) is 11.2. The van der Waals surface area contributed by atoms with Crippen LogP contribution in [0.4, 0.5) is 18.9 Å². The third kappa shape index (κ3) is 5.70. The van der Waals surface area contributed by atoms with Crippen LogP contribution in [0.2, 0.25) is 5.02 Å². The number of nitrogens with zero attached hydrogens (tertiary/aromatic N) is 8. The first-order chi connectivity index (χ1) is 18.5. The molecule has 4 rings (SSSR count). The van der Waals surface area contributed by atoms with Crippen LogP contribution in [0.3, 0.4) is 0 Å². The van der Waals surface area contributed by atoms with Gasteiger partial charge in [-0.25, -0.2) is 14.3 Å². The molecule has 0 aliphatic heterocycles. The van der Waals surface area contributed by atoms with Crippen molar-refractivity contribution in [2.75, 3.05) is 11.9 Å². The molecule has 16 heteroatoms. The van der Waals surface area contributed by atoms with E-state index in [2.05, 4.69) is 36.2 Å². The lowest BCUT2D eigenvalue weighted by molar-refractivity contribution is -0.147. The molecule has 0 saturated carbocycles. The van der Waals surface area contributed by atoms with Gasteiger partial charge in [0.1, 0.15) is 5.69 Å². The monoisotopic (exact) mass is 558 g/mol. The number of halogens is 4. The van der Waals surface area contributed by atoms with Gasteiger partial charge in [0.25, 0.3) is 17.6 Å². The lowest BCUT2D eigenvalue weighted by Crippen LogP contribution is -2.26. The van der Waals surface area contributed by atoms with Crippen LogP contribution in [0.5, 0.6) is 0 Å². The second-order valence-corrected chi connectivity index (χ2v) is 8.45. The van der Waals surface area contributed by atoms with Gasteiger partial charge in [-0.15, -0.1) is 5.10 Å². The van der Waals surface area contributed by atoms with Crippen LogP contribution < -0.4 is 10.6 Å². The van der Waals surface area contributed by atoms with Crippen molar-refractivity contribution in [2.45, 2.75) is 26.6 Å². The van der Waals surface area contributed by atoms with Gasteiger partial charge in [-0.05, 0) is 60.2 Å². The minimum absolute atomic E-state index is 0.0137. The first kappa shape index (κ1) is 27.2. The van der Waals surface area contributed by atoms with E-state index in [0.717, 1.165) is 4.68 Å². The van der Waals surface area contributed by atoms with Gasteiger partial charge in [0.05, 0.1) is 40.1 Å². The molecule has 0 saturated heterocycles. The molecule has 0 aliphatic rings. The summed E-state index contributed by atoms with van der Waals surface area (Å²) in [5.41, 5.74) is 0.646. The second kappa shape index (κ2) is 10.9. The van der Waals surface area contributed by atoms with Crippen molar-refractivity contribution in [3.05, 3.63) is 75.5 Å². The molecule has 3 heterocycles. The summed E-state index contributed by atoms with van der Waals surface area (Å²) in [5.74, 6) is -2.61. The van der Waals surface area contributed by atoms with Crippen molar-refractivity contribution in [3.63, 3.8) is 0 Å². The van der Waals surface area contributed by atoms with E-state index in [1.165, 1.54) is 30.5 Å². The van der Waals surface area contributed by atoms with Crippen molar-refractivity contribution in [2.24, 2.45) is 0 Å². The zero-order valence-corrected chi connectivity index (χ0v) is 21.0. The number of aromatic nitrogens is 7. The molecular weight excluding hydrogens is 541 g/mol. The van der Waals surface area contributed by atoms with Crippen molar-refractivity contribution < 1.29 is 22.8 Å². The summed E-state index contributed by atoms with van der Waals surface area (Å²) in [5, 5.41) is 28.4. The molecule has 0 bridgehead atoms. The fourth-order valence-electron chi connectivity index (χ4n) is 3.66. The van der Waals surface area contributed by atoms with E-state index < -0.39 is 30.4 Å². The average molecular weight is 559 g/mol. The number of pyridine rings is 1. The number of anilines is 1. The number of rotatable bonds is 7. The van der Waals surface area contributed by atoms with Crippen LogP contribution in [0.25, 0.3) is 5.82 Å². The molecule has 200 valence electrons. The Kier molecular flexibility index (Phi) is 7.58. The lowest BCUT2D eigenvalue weighted by atomic mass is 10.0. The average Bonchev–Trinajstić information content (AvgIpc) is 3.53. The summed E-state index contributed by atoms with van der Waals surface area (Å²) < 4.78 is 41.4. The molecule has 0 radical (unpaired) electrons. The highest BCUT2D eigenvalue weighted by Gasteiger charge is 2.38. The van der Waals surface area contributed by atoms with Crippen LogP contribution in [-0.2, 0) is 12.7 Å². The Balaban J connectivity index is 1.79. The number of tetrazole rings is 1. The highest BCUT2D eigenvalue weighted by molar-refractivity contribution is 6.32. The van der Waals surface area contributed by atoms with E-state index >= 15 is 0 Å². The summed E-state index contributed by atoms with van der Waals surface area (Å²) >= 11 is 6.27. The zero-order chi connectivity index (χ0) is 28.3.